The second-order valence-corrected chi connectivity index (χ2v) is 7.96. The molecule has 28 heavy (non-hydrogen) atoms. The Morgan fingerprint density at radius 3 is 2.71 bits per heavy atom. The van der Waals surface area contributed by atoms with Gasteiger partial charge in [0.15, 0.2) is 11.6 Å². The van der Waals surface area contributed by atoms with Gasteiger partial charge in [0.2, 0.25) is 11.2 Å². The monoisotopic (exact) mass is 400 g/mol. The highest BCUT2D eigenvalue weighted by atomic mass is 35.5. The van der Waals surface area contributed by atoms with Gasteiger partial charge in [0.05, 0.1) is 18.2 Å². The van der Waals surface area contributed by atoms with Crippen LogP contribution in [0.25, 0.3) is 0 Å². The number of rotatable bonds is 5. The average Bonchev–Trinajstić information content (AvgIpc) is 3.26. The normalized spacial score (nSPS) is 26.3. The third kappa shape index (κ3) is 3.61. The predicted octanol–water partition coefficient (Wildman–Crippen LogP) is 4.06. The number of aryl methyl sites for hydroxylation is 1. The molecule has 146 valence electrons. The summed E-state index contributed by atoms with van der Waals surface area (Å²) in [6.07, 6.45) is 6.09. The van der Waals surface area contributed by atoms with E-state index in [1.807, 2.05) is 38.1 Å². The molecule has 2 aliphatic carbocycles. The topological polar surface area (TPSA) is 66.9 Å². The number of allylic oxidation sites excluding steroid dienone is 1. The van der Waals surface area contributed by atoms with Crippen LogP contribution in [0.5, 0.6) is 0 Å². The fourth-order valence-electron chi connectivity index (χ4n) is 4.23. The second kappa shape index (κ2) is 7.51. The maximum Gasteiger partial charge on any atom is 0.226 e. The molecule has 0 aliphatic heterocycles. The van der Waals surface area contributed by atoms with Crippen molar-refractivity contribution in [2.75, 3.05) is 5.32 Å². The Hall–Kier alpha value is -2.47. The molecule has 1 saturated carbocycles. The van der Waals surface area contributed by atoms with Gasteiger partial charge >= 0.3 is 0 Å². The van der Waals surface area contributed by atoms with Crippen LogP contribution in [0, 0.1) is 30.5 Å². The van der Waals surface area contributed by atoms with E-state index in [4.69, 9.17) is 11.6 Å². The van der Waals surface area contributed by atoms with Gasteiger partial charge in [-0.3, -0.25) is 4.79 Å². The Bertz CT molecular complexity index is 917. The SMILES string of the molecule is Cc1ccc([C@@H](C)NC(=O)C2[C@@H](Nc3nc(Cl)ncc3F)[C@@H]3C=C[C@H]2C3)cc1. The fraction of sp³-hybridized carbons (Fsp3) is 0.381. The number of nitrogens with zero attached hydrogens (tertiary/aromatic N) is 2. The zero-order valence-electron chi connectivity index (χ0n) is 15.7. The van der Waals surface area contributed by atoms with E-state index in [2.05, 4.69) is 32.8 Å². The van der Waals surface area contributed by atoms with Gasteiger partial charge in [-0.25, -0.2) is 9.37 Å². The minimum Gasteiger partial charge on any atom is -0.363 e. The summed E-state index contributed by atoms with van der Waals surface area (Å²) in [6, 6.07) is 7.76. The summed E-state index contributed by atoms with van der Waals surface area (Å²) < 4.78 is 14.1. The van der Waals surface area contributed by atoms with Gasteiger partial charge in [-0.15, -0.1) is 0 Å². The largest absolute Gasteiger partial charge is 0.363 e. The molecule has 0 spiro atoms. The van der Waals surface area contributed by atoms with Gasteiger partial charge in [0, 0.05) is 6.04 Å². The number of carbonyl (C=O) groups excluding carboxylic acids is 1. The Labute approximate surface area is 168 Å². The zero-order chi connectivity index (χ0) is 19.8. The molecule has 1 fully saturated rings. The molecule has 2 N–H and O–H groups in total. The lowest BCUT2D eigenvalue weighted by molar-refractivity contribution is -0.126. The van der Waals surface area contributed by atoms with Crippen molar-refractivity contribution in [2.45, 2.75) is 32.4 Å². The van der Waals surface area contributed by atoms with Crippen LogP contribution in [0.1, 0.15) is 30.5 Å². The number of aromatic nitrogens is 2. The average molecular weight is 401 g/mol. The summed E-state index contributed by atoms with van der Waals surface area (Å²) in [4.78, 5) is 20.7. The molecule has 1 amide bonds. The summed E-state index contributed by atoms with van der Waals surface area (Å²) in [5, 5.41) is 6.20. The zero-order valence-corrected chi connectivity index (χ0v) is 16.4. The molecule has 1 unspecified atom stereocenters. The molecule has 1 aromatic heterocycles. The first-order chi connectivity index (χ1) is 13.4. The quantitative estimate of drug-likeness (QED) is 0.586. The molecule has 1 heterocycles. The Morgan fingerprint density at radius 1 is 1.25 bits per heavy atom. The van der Waals surface area contributed by atoms with Crippen molar-refractivity contribution >= 4 is 23.3 Å². The van der Waals surface area contributed by atoms with Crippen molar-refractivity contribution in [3.8, 4) is 0 Å². The standard InChI is InChI=1S/C21H22ClFN4O/c1-11-3-5-13(6-4-11)12(2)25-20(28)17-14-7-8-15(9-14)18(17)26-19-16(23)10-24-21(22)27-19/h3-8,10,12,14-15,17-18H,9H2,1-2H3,(H,25,28)(H,24,26,27)/t12-,14+,15-,17?,18+/m1/s1. The smallest absolute Gasteiger partial charge is 0.226 e. The van der Waals surface area contributed by atoms with E-state index in [0.29, 0.717) is 0 Å². The third-order valence-corrected chi connectivity index (χ3v) is 5.90. The number of halogens is 2. The first-order valence-corrected chi connectivity index (χ1v) is 9.80. The number of fused-ring (bicyclic) bond motifs is 2. The molecule has 2 bridgehead atoms. The molecule has 5 atom stereocenters. The third-order valence-electron chi connectivity index (χ3n) is 5.72. The van der Waals surface area contributed by atoms with Crippen LogP contribution in [0.15, 0.2) is 42.6 Å². The number of hydrogen-bond donors (Lipinski definition) is 2. The molecule has 1 aromatic carbocycles. The number of amides is 1. The van der Waals surface area contributed by atoms with Crippen LogP contribution >= 0.6 is 11.6 Å². The fourth-order valence-corrected chi connectivity index (χ4v) is 4.36. The Morgan fingerprint density at radius 2 is 1.96 bits per heavy atom. The maximum absolute atomic E-state index is 14.1. The van der Waals surface area contributed by atoms with Crippen molar-refractivity contribution in [3.05, 3.63) is 64.8 Å². The van der Waals surface area contributed by atoms with Gasteiger partial charge in [0.1, 0.15) is 0 Å². The van der Waals surface area contributed by atoms with Crippen LogP contribution in [0.3, 0.4) is 0 Å². The molecule has 2 aliphatic rings. The van der Waals surface area contributed by atoms with Crippen molar-refractivity contribution in [3.63, 3.8) is 0 Å². The van der Waals surface area contributed by atoms with E-state index in [1.165, 1.54) is 5.56 Å². The van der Waals surface area contributed by atoms with Crippen LogP contribution in [0.2, 0.25) is 5.28 Å². The molecular weight excluding hydrogens is 379 g/mol. The maximum atomic E-state index is 14.1. The molecule has 0 radical (unpaired) electrons. The van der Waals surface area contributed by atoms with Crippen molar-refractivity contribution in [1.29, 1.82) is 0 Å². The minimum absolute atomic E-state index is 0.0309. The number of nitrogens with one attached hydrogen (secondary N) is 2. The van der Waals surface area contributed by atoms with Crippen LogP contribution in [-0.2, 0) is 4.79 Å². The van der Waals surface area contributed by atoms with E-state index in [1.54, 1.807) is 0 Å². The van der Waals surface area contributed by atoms with Crippen molar-refractivity contribution in [1.82, 2.24) is 15.3 Å². The summed E-state index contributed by atoms with van der Waals surface area (Å²) >= 11 is 5.81. The number of hydrogen-bond acceptors (Lipinski definition) is 4. The number of carbonyl (C=O) groups is 1. The number of benzene rings is 1. The van der Waals surface area contributed by atoms with Gasteiger partial charge in [0.25, 0.3) is 0 Å². The minimum atomic E-state index is -0.580. The van der Waals surface area contributed by atoms with Crippen LogP contribution in [0.4, 0.5) is 10.2 Å². The Balaban J connectivity index is 1.51. The summed E-state index contributed by atoms with van der Waals surface area (Å²) in [5.74, 6) is -0.589. The molecule has 0 saturated heterocycles. The highest BCUT2D eigenvalue weighted by Gasteiger charge is 2.48. The lowest BCUT2D eigenvalue weighted by Crippen LogP contribution is -2.44. The van der Waals surface area contributed by atoms with Crippen molar-refractivity contribution < 1.29 is 9.18 Å². The van der Waals surface area contributed by atoms with E-state index in [9.17, 15) is 9.18 Å². The second-order valence-electron chi connectivity index (χ2n) is 7.62. The van der Waals surface area contributed by atoms with Gasteiger partial charge < -0.3 is 10.6 Å². The number of anilines is 1. The first-order valence-electron chi connectivity index (χ1n) is 9.42. The van der Waals surface area contributed by atoms with E-state index < -0.39 is 5.82 Å². The highest BCUT2D eigenvalue weighted by molar-refractivity contribution is 6.28. The van der Waals surface area contributed by atoms with Crippen LogP contribution < -0.4 is 10.6 Å². The van der Waals surface area contributed by atoms with Gasteiger partial charge in [-0.1, -0.05) is 42.0 Å². The van der Waals surface area contributed by atoms with Gasteiger partial charge in [-0.2, -0.15) is 4.98 Å². The lowest BCUT2D eigenvalue weighted by Gasteiger charge is -2.29. The summed E-state index contributed by atoms with van der Waals surface area (Å²) in [7, 11) is 0. The molecule has 7 heteroatoms. The molecular formula is C21H22ClFN4O. The van der Waals surface area contributed by atoms with E-state index in [0.717, 1.165) is 18.2 Å². The lowest BCUT2D eigenvalue weighted by atomic mass is 9.87. The van der Waals surface area contributed by atoms with E-state index >= 15 is 0 Å². The Kier molecular flexibility index (Phi) is 5.06. The predicted molar refractivity (Wildman–Crippen MR) is 106 cm³/mol. The highest BCUT2D eigenvalue weighted by Crippen LogP contribution is 2.45. The van der Waals surface area contributed by atoms with E-state index in [-0.39, 0.29) is 46.8 Å². The van der Waals surface area contributed by atoms with Crippen molar-refractivity contribution in [2.24, 2.45) is 17.8 Å². The van der Waals surface area contributed by atoms with Gasteiger partial charge in [-0.05, 0) is 49.3 Å². The summed E-state index contributed by atoms with van der Waals surface area (Å²) in [5.41, 5.74) is 2.23. The summed E-state index contributed by atoms with van der Waals surface area (Å²) in [6.45, 7) is 4.00. The molecule has 5 nitrogen and oxygen atoms in total. The molecule has 4 rings (SSSR count). The first kappa shape index (κ1) is 18.9. The molecule has 2 aromatic rings. The van der Waals surface area contributed by atoms with Crippen LogP contribution in [-0.4, -0.2) is 21.9 Å².